The zero-order valence-electron chi connectivity index (χ0n) is 20.7. The summed E-state index contributed by atoms with van der Waals surface area (Å²) in [6.07, 6.45) is 12.6. The molecule has 0 radical (unpaired) electrons. The number of piperidine rings is 1. The van der Waals surface area contributed by atoms with E-state index in [1.807, 2.05) is 54.9 Å². The number of benzene rings is 2. The average Bonchev–Trinajstić information content (AvgIpc) is 2.89. The number of carboxylic acids is 2. The van der Waals surface area contributed by atoms with E-state index in [0.717, 1.165) is 29.0 Å². The first-order chi connectivity index (χ1) is 17.9. The Kier molecular flexibility index (Phi) is 8.48. The lowest BCUT2D eigenvalue weighted by Crippen LogP contribution is -2.45. The number of hydrogen-bond donors (Lipinski definition) is 2. The maximum absolute atomic E-state index is 9.55. The third-order valence-electron chi connectivity index (χ3n) is 6.63. The molecular weight excluding hydrogens is 468 g/mol. The van der Waals surface area contributed by atoms with Gasteiger partial charge in [-0.2, -0.15) is 0 Å². The summed E-state index contributed by atoms with van der Waals surface area (Å²) < 4.78 is 5.91. The number of rotatable bonds is 6. The van der Waals surface area contributed by atoms with E-state index in [2.05, 4.69) is 41.2 Å². The monoisotopic (exact) mass is 498 g/mol. The van der Waals surface area contributed by atoms with Gasteiger partial charge < -0.3 is 14.9 Å². The van der Waals surface area contributed by atoms with E-state index in [-0.39, 0.29) is 0 Å². The van der Waals surface area contributed by atoms with Gasteiger partial charge in [-0.25, -0.2) is 9.59 Å². The minimum Gasteiger partial charge on any atom is -0.478 e. The van der Waals surface area contributed by atoms with Gasteiger partial charge in [0.2, 0.25) is 0 Å². The van der Waals surface area contributed by atoms with E-state index >= 15 is 0 Å². The predicted octanol–water partition coefficient (Wildman–Crippen LogP) is 5.89. The molecule has 2 atom stereocenters. The van der Waals surface area contributed by atoms with Crippen LogP contribution in [0.3, 0.4) is 0 Å². The smallest absolute Gasteiger partial charge is 0.328 e. The molecule has 7 heteroatoms. The molecular formula is C30H30N2O5. The largest absolute Gasteiger partial charge is 0.478 e. The lowest BCUT2D eigenvalue weighted by atomic mass is 9.83. The van der Waals surface area contributed by atoms with Crippen LogP contribution in [0.1, 0.15) is 31.2 Å². The third kappa shape index (κ3) is 7.15. The molecule has 0 amide bonds. The van der Waals surface area contributed by atoms with Crippen LogP contribution in [0.2, 0.25) is 0 Å². The van der Waals surface area contributed by atoms with Gasteiger partial charge in [-0.1, -0.05) is 42.8 Å². The van der Waals surface area contributed by atoms with Crippen molar-refractivity contribution < 1.29 is 24.5 Å². The van der Waals surface area contributed by atoms with Crippen LogP contribution in [-0.2, 0) is 9.59 Å². The molecule has 37 heavy (non-hydrogen) atoms. The van der Waals surface area contributed by atoms with Gasteiger partial charge in [0, 0.05) is 42.2 Å². The predicted molar refractivity (Wildman–Crippen MR) is 142 cm³/mol. The van der Waals surface area contributed by atoms with E-state index in [9.17, 15) is 9.59 Å². The van der Waals surface area contributed by atoms with Crippen molar-refractivity contribution in [1.29, 1.82) is 0 Å². The highest BCUT2D eigenvalue weighted by Crippen LogP contribution is 2.36. The van der Waals surface area contributed by atoms with E-state index in [1.165, 1.54) is 30.4 Å². The molecule has 0 spiro atoms. The number of aromatic nitrogens is 1. The van der Waals surface area contributed by atoms with Crippen molar-refractivity contribution in [2.75, 3.05) is 7.05 Å². The summed E-state index contributed by atoms with van der Waals surface area (Å²) >= 11 is 0. The summed E-state index contributed by atoms with van der Waals surface area (Å²) in [5.74, 6) is -0.821. The van der Waals surface area contributed by atoms with Crippen LogP contribution in [-0.4, -0.2) is 51.2 Å². The fraction of sp³-hybridized carbons (Fsp3) is 0.233. The number of fused-ring (bicyclic) bond motifs is 2. The molecule has 5 rings (SSSR count). The topological polar surface area (TPSA) is 100.0 Å². The summed E-state index contributed by atoms with van der Waals surface area (Å²) in [7, 11) is 2.27. The molecule has 2 N–H and O–H groups in total. The lowest BCUT2D eigenvalue weighted by molar-refractivity contribution is -0.134. The van der Waals surface area contributed by atoms with Gasteiger partial charge in [0.1, 0.15) is 11.5 Å². The van der Waals surface area contributed by atoms with Crippen LogP contribution in [0, 0.1) is 0 Å². The molecule has 2 aliphatic heterocycles. The highest BCUT2D eigenvalue weighted by atomic mass is 16.5. The van der Waals surface area contributed by atoms with Gasteiger partial charge in [-0.15, -0.1) is 0 Å². The van der Waals surface area contributed by atoms with Gasteiger partial charge in [0.15, 0.2) is 0 Å². The Balaban J connectivity index is 0.000000349. The Labute approximate surface area is 216 Å². The zero-order valence-corrected chi connectivity index (χ0v) is 20.7. The van der Waals surface area contributed by atoms with E-state index in [4.69, 9.17) is 14.9 Å². The standard InChI is InChI=1S/C26H26N2O.C4H4O4/c1-28-23-6-5-7-24(28)16-20(15-23)22-14-21(17-27-18-22)19-10-12-26(13-11-19)29-25-8-3-2-4-9-25;5-3(6)1-2-4(7)8/h2-4,8-15,17-18,23-24H,5-7,16H2,1H3;1-2H,(H,5,6)(H,7,8)/b;2-1+. The second-order valence-electron chi connectivity index (χ2n) is 9.13. The first-order valence-electron chi connectivity index (χ1n) is 12.2. The number of nitrogens with zero attached hydrogens (tertiary/aromatic N) is 2. The van der Waals surface area contributed by atoms with Crippen molar-refractivity contribution in [2.24, 2.45) is 0 Å². The maximum Gasteiger partial charge on any atom is 0.328 e. The highest BCUT2D eigenvalue weighted by Gasteiger charge is 2.31. The Morgan fingerprint density at radius 3 is 2.19 bits per heavy atom. The lowest BCUT2D eigenvalue weighted by Gasteiger charge is -2.42. The fourth-order valence-corrected chi connectivity index (χ4v) is 4.71. The summed E-state index contributed by atoms with van der Waals surface area (Å²) in [6.45, 7) is 0. The van der Waals surface area contributed by atoms with Crippen LogP contribution < -0.4 is 4.74 Å². The van der Waals surface area contributed by atoms with Crippen molar-refractivity contribution in [3.05, 3.63) is 96.8 Å². The zero-order chi connectivity index (χ0) is 26.2. The number of carbonyl (C=O) groups is 2. The van der Waals surface area contributed by atoms with Gasteiger partial charge in [-0.3, -0.25) is 9.88 Å². The number of hydrogen-bond acceptors (Lipinski definition) is 5. The van der Waals surface area contributed by atoms with Gasteiger partial charge in [0.25, 0.3) is 0 Å². The number of carboxylic acid groups (broad SMARTS) is 2. The van der Waals surface area contributed by atoms with Crippen LogP contribution in [0.5, 0.6) is 11.5 Å². The maximum atomic E-state index is 9.55. The molecule has 1 saturated heterocycles. The van der Waals surface area contributed by atoms with Crippen LogP contribution in [0.25, 0.3) is 16.7 Å². The minimum atomic E-state index is -1.26. The first-order valence-corrected chi connectivity index (χ1v) is 12.2. The molecule has 0 saturated carbocycles. The van der Waals surface area contributed by atoms with Gasteiger partial charge in [-0.05, 0) is 73.3 Å². The molecule has 1 aromatic heterocycles. The Morgan fingerprint density at radius 2 is 1.54 bits per heavy atom. The molecule has 0 aliphatic carbocycles. The number of ether oxygens (including phenoxy) is 1. The van der Waals surface area contributed by atoms with Crippen molar-refractivity contribution in [3.8, 4) is 22.6 Å². The molecule has 1 fully saturated rings. The number of likely N-dealkylation sites (N-methyl/N-ethyl adjacent to an activating group) is 1. The molecule has 3 aromatic rings. The molecule has 2 unspecified atom stereocenters. The quantitative estimate of drug-likeness (QED) is 0.409. The summed E-state index contributed by atoms with van der Waals surface area (Å²) in [5, 5.41) is 15.6. The average molecular weight is 499 g/mol. The van der Waals surface area contributed by atoms with E-state index in [1.54, 1.807) is 0 Å². The SMILES string of the molecule is CN1C2C=C(c3cncc(-c4ccc(Oc5ccccc5)cc4)c3)CC1CCC2.O=C(O)/C=C/C(=O)O. The molecule has 2 aliphatic rings. The van der Waals surface area contributed by atoms with Gasteiger partial charge >= 0.3 is 11.9 Å². The molecule has 190 valence electrons. The summed E-state index contributed by atoms with van der Waals surface area (Å²) in [4.78, 5) is 26.2. The molecule has 3 heterocycles. The molecule has 2 aromatic carbocycles. The molecule has 2 bridgehead atoms. The van der Waals surface area contributed by atoms with Crippen LogP contribution in [0.15, 0.2) is 91.3 Å². The number of aliphatic carboxylic acids is 2. The third-order valence-corrected chi connectivity index (χ3v) is 6.63. The second-order valence-corrected chi connectivity index (χ2v) is 9.13. The van der Waals surface area contributed by atoms with Crippen molar-refractivity contribution in [2.45, 2.75) is 37.8 Å². The van der Waals surface area contributed by atoms with Crippen LogP contribution >= 0.6 is 0 Å². The van der Waals surface area contributed by atoms with Crippen LogP contribution in [0.4, 0.5) is 0 Å². The number of para-hydroxylation sites is 1. The normalized spacial score (nSPS) is 18.9. The van der Waals surface area contributed by atoms with Crippen molar-refractivity contribution >= 4 is 17.5 Å². The minimum absolute atomic E-state index is 0.558. The highest BCUT2D eigenvalue weighted by molar-refractivity contribution is 5.89. The van der Waals surface area contributed by atoms with Gasteiger partial charge in [0.05, 0.1) is 0 Å². The Hall–Kier alpha value is -4.23. The van der Waals surface area contributed by atoms with E-state index < -0.39 is 11.9 Å². The Bertz CT molecular complexity index is 1270. The second kappa shape index (κ2) is 12.1. The molecule has 7 nitrogen and oxygen atoms in total. The van der Waals surface area contributed by atoms with Crippen molar-refractivity contribution in [3.63, 3.8) is 0 Å². The summed E-state index contributed by atoms with van der Waals surface area (Å²) in [6, 6.07) is 21.7. The number of pyridine rings is 1. The Morgan fingerprint density at radius 1 is 0.892 bits per heavy atom. The summed E-state index contributed by atoms with van der Waals surface area (Å²) in [5.41, 5.74) is 5.03. The first kappa shape index (κ1) is 25.9. The fourth-order valence-electron chi connectivity index (χ4n) is 4.71. The van der Waals surface area contributed by atoms with Crippen molar-refractivity contribution in [1.82, 2.24) is 9.88 Å². The van der Waals surface area contributed by atoms with E-state index in [0.29, 0.717) is 24.2 Å².